The highest BCUT2D eigenvalue weighted by molar-refractivity contribution is 5.81. The summed E-state index contributed by atoms with van der Waals surface area (Å²) in [6, 6.07) is 14.2. The van der Waals surface area contributed by atoms with Gasteiger partial charge in [0, 0.05) is 5.41 Å². The first-order chi connectivity index (χ1) is 16.2. The number of primary amides is 1. The van der Waals surface area contributed by atoms with Gasteiger partial charge in [-0.15, -0.1) is 0 Å². The second-order valence-corrected chi connectivity index (χ2v) is 9.98. The van der Waals surface area contributed by atoms with Crippen LogP contribution in [0.5, 0.6) is 0 Å². The summed E-state index contributed by atoms with van der Waals surface area (Å²) in [6.07, 6.45) is 7.51. The molecule has 2 aliphatic rings. The number of aryl methyl sites for hydroxylation is 1. The Morgan fingerprint density at radius 3 is 2.71 bits per heavy atom. The molecule has 176 valence electrons. The van der Waals surface area contributed by atoms with Gasteiger partial charge in [0.25, 0.3) is 0 Å². The Labute approximate surface area is 199 Å². The topological polar surface area (TPSA) is 81.1 Å². The van der Waals surface area contributed by atoms with E-state index < -0.39 is 5.60 Å². The number of hydrogen-bond donors (Lipinski definition) is 2. The van der Waals surface area contributed by atoms with Crippen LogP contribution in [-0.2, 0) is 17.6 Å². The lowest BCUT2D eigenvalue weighted by atomic mass is 9.65. The number of aromatic nitrogens is 2. The first kappa shape index (κ1) is 22.5. The third-order valence-electron chi connectivity index (χ3n) is 8.11. The van der Waals surface area contributed by atoms with Crippen molar-refractivity contribution in [3.63, 3.8) is 0 Å². The number of carbonyl (C=O) groups is 1. The molecule has 34 heavy (non-hydrogen) atoms. The zero-order valence-corrected chi connectivity index (χ0v) is 19.6. The van der Waals surface area contributed by atoms with E-state index in [0.29, 0.717) is 25.7 Å². The summed E-state index contributed by atoms with van der Waals surface area (Å²) < 4.78 is 15.2. The number of nitrogens with zero attached hydrogens (tertiary/aromatic N) is 2. The van der Waals surface area contributed by atoms with Crippen LogP contribution < -0.4 is 5.73 Å². The molecule has 0 spiro atoms. The number of fused-ring (bicyclic) bond motifs is 2. The molecule has 1 heterocycles. The van der Waals surface area contributed by atoms with Gasteiger partial charge in [-0.25, -0.2) is 9.07 Å². The van der Waals surface area contributed by atoms with E-state index in [2.05, 4.69) is 18.1 Å². The summed E-state index contributed by atoms with van der Waals surface area (Å²) in [5.41, 5.74) is 10.4. The number of nitrogens with two attached hydrogens (primary N) is 1. The molecule has 0 bridgehead atoms. The summed E-state index contributed by atoms with van der Waals surface area (Å²) in [6.45, 7) is 3.98. The van der Waals surface area contributed by atoms with E-state index in [1.54, 1.807) is 12.1 Å². The maximum absolute atomic E-state index is 13.4. The average Bonchev–Trinajstić information content (AvgIpc) is 3.34. The number of amides is 1. The van der Waals surface area contributed by atoms with E-state index in [9.17, 15) is 14.3 Å². The van der Waals surface area contributed by atoms with E-state index in [4.69, 9.17) is 5.73 Å². The molecule has 2 aliphatic carbocycles. The van der Waals surface area contributed by atoms with Crippen molar-refractivity contribution in [2.24, 2.45) is 11.1 Å². The standard InChI is InChI=1S/C28H30FN3O2/c1-18(26(30)33)24-6-4-3-5-19(24)11-13-28(34)14-12-21-15-25-20(16-27(21,28)2)17-31-32(25)23-9-7-22(29)8-10-23/h3-10,15,17-18,34H,11-14,16H2,1-2H3,(H2,30,33)/t18?,27-,28-/m0/s1. The van der Waals surface area contributed by atoms with Crippen LogP contribution >= 0.6 is 0 Å². The summed E-state index contributed by atoms with van der Waals surface area (Å²) in [5, 5.41) is 16.5. The van der Waals surface area contributed by atoms with E-state index in [0.717, 1.165) is 34.5 Å². The molecule has 0 saturated heterocycles. The molecule has 0 radical (unpaired) electrons. The first-order valence-corrected chi connectivity index (χ1v) is 11.9. The van der Waals surface area contributed by atoms with Gasteiger partial charge in [-0.2, -0.15) is 5.10 Å². The molecule has 3 aromatic rings. The Hall–Kier alpha value is -3.25. The summed E-state index contributed by atoms with van der Waals surface area (Å²) >= 11 is 0. The third kappa shape index (κ3) is 3.57. The second kappa shape index (κ2) is 8.20. The van der Waals surface area contributed by atoms with Crippen LogP contribution in [-0.4, -0.2) is 26.4 Å². The minimum Gasteiger partial charge on any atom is -0.389 e. The minimum absolute atomic E-state index is 0.275. The molecule has 1 aromatic heterocycles. The van der Waals surface area contributed by atoms with Crippen molar-refractivity contribution in [2.45, 2.75) is 57.5 Å². The van der Waals surface area contributed by atoms with Crippen LogP contribution in [0.4, 0.5) is 4.39 Å². The van der Waals surface area contributed by atoms with Crippen LogP contribution in [0.15, 0.2) is 60.3 Å². The highest BCUT2D eigenvalue weighted by atomic mass is 19.1. The number of aliphatic hydroxyl groups is 1. The fraction of sp³-hybridized carbons (Fsp3) is 0.357. The van der Waals surface area contributed by atoms with Crippen LogP contribution in [0.25, 0.3) is 11.8 Å². The van der Waals surface area contributed by atoms with Gasteiger partial charge in [0.2, 0.25) is 5.91 Å². The molecule has 1 fully saturated rings. The molecular weight excluding hydrogens is 429 g/mol. The maximum atomic E-state index is 13.4. The Balaban J connectivity index is 1.42. The van der Waals surface area contributed by atoms with Crippen molar-refractivity contribution in [3.8, 4) is 5.69 Å². The minimum atomic E-state index is -0.864. The number of halogens is 1. The number of benzene rings is 2. The molecule has 3 atom stereocenters. The van der Waals surface area contributed by atoms with Gasteiger partial charge in [-0.3, -0.25) is 4.79 Å². The van der Waals surface area contributed by atoms with Gasteiger partial charge in [-0.05, 0) is 86.1 Å². The van der Waals surface area contributed by atoms with Crippen molar-refractivity contribution in [1.29, 1.82) is 0 Å². The number of rotatable bonds is 6. The lowest BCUT2D eigenvalue weighted by Crippen LogP contribution is -2.45. The van der Waals surface area contributed by atoms with Crippen molar-refractivity contribution in [3.05, 3.63) is 88.5 Å². The van der Waals surface area contributed by atoms with Gasteiger partial charge >= 0.3 is 0 Å². The SMILES string of the molecule is CC(C(N)=O)c1ccccc1CC[C@]1(O)CCC2=Cc3c(cnn3-c3ccc(F)cc3)C[C@@]21C. The van der Waals surface area contributed by atoms with Gasteiger partial charge in [0.05, 0.1) is 29.1 Å². The maximum Gasteiger partial charge on any atom is 0.224 e. The number of carbonyl (C=O) groups excluding carboxylic acids is 1. The Kier molecular flexibility index (Phi) is 5.44. The molecule has 2 aromatic carbocycles. The second-order valence-electron chi connectivity index (χ2n) is 9.98. The predicted molar refractivity (Wildman–Crippen MR) is 130 cm³/mol. The molecule has 0 aliphatic heterocycles. The highest BCUT2D eigenvalue weighted by Gasteiger charge is 2.54. The zero-order valence-electron chi connectivity index (χ0n) is 19.6. The van der Waals surface area contributed by atoms with Gasteiger partial charge in [-0.1, -0.05) is 36.8 Å². The van der Waals surface area contributed by atoms with E-state index in [1.165, 1.54) is 17.7 Å². The fourth-order valence-electron chi connectivity index (χ4n) is 5.80. The molecule has 1 amide bonds. The monoisotopic (exact) mass is 459 g/mol. The molecular formula is C28H30FN3O2. The van der Waals surface area contributed by atoms with E-state index >= 15 is 0 Å². The van der Waals surface area contributed by atoms with Crippen molar-refractivity contribution in [2.75, 3.05) is 0 Å². The quantitative estimate of drug-likeness (QED) is 0.560. The molecule has 5 nitrogen and oxygen atoms in total. The third-order valence-corrected chi connectivity index (χ3v) is 8.11. The van der Waals surface area contributed by atoms with Crippen LogP contribution in [0.1, 0.15) is 61.4 Å². The van der Waals surface area contributed by atoms with E-state index in [-0.39, 0.29) is 23.1 Å². The zero-order chi connectivity index (χ0) is 24.1. The van der Waals surface area contributed by atoms with Crippen molar-refractivity contribution in [1.82, 2.24) is 9.78 Å². The van der Waals surface area contributed by atoms with Gasteiger partial charge in [0.1, 0.15) is 5.82 Å². The first-order valence-electron chi connectivity index (χ1n) is 11.9. The summed E-state index contributed by atoms with van der Waals surface area (Å²) in [4.78, 5) is 11.8. The Morgan fingerprint density at radius 1 is 1.24 bits per heavy atom. The van der Waals surface area contributed by atoms with Crippen LogP contribution in [0, 0.1) is 11.2 Å². The number of hydrogen-bond acceptors (Lipinski definition) is 3. The molecule has 3 N–H and O–H groups in total. The Morgan fingerprint density at radius 2 is 1.97 bits per heavy atom. The lowest BCUT2D eigenvalue weighted by Gasteiger charge is -2.42. The fourth-order valence-corrected chi connectivity index (χ4v) is 5.80. The van der Waals surface area contributed by atoms with Gasteiger partial charge in [0.15, 0.2) is 0 Å². The van der Waals surface area contributed by atoms with Crippen molar-refractivity contribution < 1.29 is 14.3 Å². The molecule has 1 unspecified atom stereocenters. The highest BCUT2D eigenvalue weighted by Crippen LogP contribution is 2.56. The van der Waals surface area contributed by atoms with Gasteiger partial charge < -0.3 is 10.8 Å². The van der Waals surface area contributed by atoms with E-state index in [1.807, 2.05) is 42.1 Å². The largest absolute Gasteiger partial charge is 0.389 e. The normalized spacial score (nSPS) is 24.3. The predicted octanol–water partition coefficient (Wildman–Crippen LogP) is 4.70. The lowest BCUT2D eigenvalue weighted by molar-refractivity contribution is -0.119. The summed E-state index contributed by atoms with van der Waals surface area (Å²) in [5.74, 6) is -0.986. The smallest absolute Gasteiger partial charge is 0.224 e. The van der Waals surface area contributed by atoms with Crippen LogP contribution in [0.2, 0.25) is 0 Å². The Bertz CT molecular complexity index is 1280. The summed E-state index contributed by atoms with van der Waals surface area (Å²) in [7, 11) is 0. The molecule has 1 saturated carbocycles. The van der Waals surface area contributed by atoms with Crippen LogP contribution in [0.3, 0.4) is 0 Å². The molecule has 5 rings (SSSR count). The average molecular weight is 460 g/mol. The van der Waals surface area contributed by atoms with Crippen molar-refractivity contribution >= 4 is 12.0 Å². The molecule has 6 heteroatoms.